The molecule has 0 heterocycles. The third-order valence-corrected chi connectivity index (χ3v) is 4.34. The van der Waals surface area contributed by atoms with Gasteiger partial charge in [0.2, 0.25) is 5.91 Å². The van der Waals surface area contributed by atoms with Crippen LogP contribution in [0.2, 0.25) is 0 Å². The van der Waals surface area contributed by atoms with Gasteiger partial charge in [0.05, 0.1) is 18.4 Å². The Morgan fingerprint density at radius 2 is 1.69 bits per heavy atom. The number of carbonyl (C=O) groups excluding carboxylic acids is 3. The summed E-state index contributed by atoms with van der Waals surface area (Å²) in [6.45, 7) is 4.23. The van der Waals surface area contributed by atoms with E-state index in [0.717, 1.165) is 12.8 Å². The van der Waals surface area contributed by atoms with Crippen LogP contribution in [0.1, 0.15) is 47.4 Å². The minimum Gasteiger partial charge on any atom is -0.497 e. The van der Waals surface area contributed by atoms with E-state index in [1.54, 1.807) is 62.6 Å². The third kappa shape index (κ3) is 6.34. The molecule has 0 bridgehead atoms. The largest absolute Gasteiger partial charge is 0.497 e. The number of rotatable bonds is 9. The number of benzene rings is 2. The molecule has 0 aromatic heterocycles. The zero-order valence-electron chi connectivity index (χ0n) is 17.0. The van der Waals surface area contributed by atoms with E-state index in [-0.39, 0.29) is 17.4 Å². The monoisotopic (exact) mass is 397 g/mol. The first kappa shape index (κ1) is 21.9. The molecular weight excluding hydrogens is 370 g/mol. The van der Waals surface area contributed by atoms with Gasteiger partial charge < -0.3 is 20.7 Å². The van der Waals surface area contributed by atoms with Crippen LogP contribution in [0.3, 0.4) is 0 Å². The molecule has 0 unspecified atom stereocenters. The number of ether oxygens (including phenoxy) is 1. The molecule has 7 heteroatoms. The summed E-state index contributed by atoms with van der Waals surface area (Å²) < 4.78 is 5.09. The van der Waals surface area contributed by atoms with Crippen molar-refractivity contribution >= 4 is 23.4 Å². The van der Waals surface area contributed by atoms with Gasteiger partial charge in [-0.05, 0) is 49.7 Å². The topological polar surface area (TPSA) is 96.5 Å². The zero-order valence-corrected chi connectivity index (χ0v) is 17.0. The van der Waals surface area contributed by atoms with Crippen LogP contribution >= 0.6 is 0 Å². The van der Waals surface area contributed by atoms with E-state index < -0.39 is 11.9 Å². The SMILES string of the molecule is CCCCNC(=O)[C@@H](C)NC(=O)c1ccccc1NC(=O)c1ccc(OC)cc1. The highest BCUT2D eigenvalue weighted by molar-refractivity contribution is 6.09. The molecule has 0 aliphatic rings. The van der Waals surface area contributed by atoms with Gasteiger partial charge >= 0.3 is 0 Å². The number of methoxy groups -OCH3 is 1. The number of hydrogen-bond donors (Lipinski definition) is 3. The van der Waals surface area contributed by atoms with Gasteiger partial charge in [-0.1, -0.05) is 25.5 Å². The standard InChI is InChI=1S/C22H27N3O4/c1-4-5-14-23-20(26)15(2)24-22(28)18-8-6-7-9-19(18)25-21(27)16-10-12-17(29-3)13-11-16/h6-13,15H,4-5,14H2,1-3H3,(H,23,26)(H,24,28)(H,25,27)/t15-/m1/s1. The number of unbranched alkanes of at least 4 members (excludes halogenated alkanes) is 1. The minimum atomic E-state index is -0.690. The molecule has 0 radical (unpaired) electrons. The predicted molar refractivity (Wildman–Crippen MR) is 112 cm³/mol. The number of nitrogens with one attached hydrogen (secondary N) is 3. The normalized spacial score (nSPS) is 11.3. The van der Waals surface area contributed by atoms with Gasteiger partial charge in [0, 0.05) is 12.1 Å². The Bertz CT molecular complexity index is 849. The van der Waals surface area contributed by atoms with Crippen molar-refractivity contribution in [2.24, 2.45) is 0 Å². The molecule has 0 spiro atoms. The highest BCUT2D eigenvalue weighted by Crippen LogP contribution is 2.18. The Hall–Kier alpha value is -3.35. The second kappa shape index (κ2) is 10.8. The van der Waals surface area contributed by atoms with Crippen molar-refractivity contribution in [1.82, 2.24) is 10.6 Å². The quantitative estimate of drug-likeness (QED) is 0.567. The van der Waals surface area contributed by atoms with Crippen LogP contribution in [0.15, 0.2) is 48.5 Å². The van der Waals surface area contributed by atoms with Crippen molar-refractivity contribution in [2.75, 3.05) is 19.0 Å². The molecule has 0 fully saturated rings. The summed E-state index contributed by atoms with van der Waals surface area (Å²) >= 11 is 0. The van der Waals surface area contributed by atoms with E-state index in [9.17, 15) is 14.4 Å². The number of para-hydroxylation sites is 1. The van der Waals surface area contributed by atoms with Crippen LogP contribution in [-0.2, 0) is 4.79 Å². The number of anilines is 1. The van der Waals surface area contributed by atoms with Gasteiger partial charge in [-0.2, -0.15) is 0 Å². The van der Waals surface area contributed by atoms with Gasteiger partial charge in [0.1, 0.15) is 11.8 Å². The summed E-state index contributed by atoms with van der Waals surface area (Å²) in [6, 6.07) is 12.6. The summed E-state index contributed by atoms with van der Waals surface area (Å²) in [6.07, 6.45) is 1.86. The Morgan fingerprint density at radius 1 is 1.00 bits per heavy atom. The summed E-state index contributed by atoms with van der Waals surface area (Å²) in [5, 5.41) is 8.21. The van der Waals surface area contributed by atoms with Crippen LogP contribution < -0.4 is 20.7 Å². The van der Waals surface area contributed by atoms with Gasteiger partial charge in [0.25, 0.3) is 11.8 Å². The van der Waals surface area contributed by atoms with Crippen LogP contribution in [-0.4, -0.2) is 37.4 Å². The number of carbonyl (C=O) groups is 3. The lowest BCUT2D eigenvalue weighted by Crippen LogP contribution is -2.45. The molecule has 0 aliphatic heterocycles. The van der Waals surface area contributed by atoms with Gasteiger partial charge in [-0.3, -0.25) is 14.4 Å². The summed E-state index contributed by atoms with van der Waals surface area (Å²) in [4.78, 5) is 37.2. The molecule has 2 aromatic carbocycles. The molecule has 29 heavy (non-hydrogen) atoms. The van der Waals surface area contributed by atoms with Crippen molar-refractivity contribution in [3.63, 3.8) is 0 Å². The summed E-state index contributed by atoms with van der Waals surface area (Å²) in [5.41, 5.74) is 1.08. The molecule has 0 aliphatic carbocycles. The number of amides is 3. The van der Waals surface area contributed by atoms with Crippen molar-refractivity contribution in [2.45, 2.75) is 32.7 Å². The van der Waals surface area contributed by atoms with Gasteiger partial charge in [-0.15, -0.1) is 0 Å². The van der Waals surface area contributed by atoms with E-state index in [1.807, 2.05) is 6.92 Å². The lowest BCUT2D eigenvalue weighted by molar-refractivity contribution is -0.122. The van der Waals surface area contributed by atoms with Crippen molar-refractivity contribution in [3.8, 4) is 5.75 Å². The molecule has 2 aromatic rings. The molecule has 154 valence electrons. The van der Waals surface area contributed by atoms with Crippen LogP contribution in [0.25, 0.3) is 0 Å². The average Bonchev–Trinajstić information content (AvgIpc) is 2.74. The molecule has 2 rings (SSSR count). The van der Waals surface area contributed by atoms with Crippen molar-refractivity contribution < 1.29 is 19.1 Å². The third-order valence-electron chi connectivity index (χ3n) is 4.34. The molecule has 7 nitrogen and oxygen atoms in total. The van der Waals surface area contributed by atoms with E-state index in [1.165, 1.54) is 0 Å². The van der Waals surface area contributed by atoms with E-state index >= 15 is 0 Å². The van der Waals surface area contributed by atoms with E-state index in [0.29, 0.717) is 23.5 Å². The Morgan fingerprint density at radius 3 is 2.34 bits per heavy atom. The van der Waals surface area contributed by atoms with Crippen LogP contribution in [0.5, 0.6) is 5.75 Å². The first-order valence-electron chi connectivity index (χ1n) is 9.59. The Kier molecular flexibility index (Phi) is 8.21. The van der Waals surface area contributed by atoms with E-state index in [2.05, 4.69) is 16.0 Å². The van der Waals surface area contributed by atoms with E-state index in [4.69, 9.17) is 4.74 Å². The fraction of sp³-hybridized carbons (Fsp3) is 0.318. The number of hydrogen-bond acceptors (Lipinski definition) is 4. The second-order valence-corrected chi connectivity index (χ2v) is 6.57. The second-order valence-electron chi connectivity index (χ2n) is 6.57. The van der Waals surface area contributed by atoms with Gasteiger partial charge in [-0.25, -0.2) is 0 Å². The van der Waals surface area contributed by atoms with Crippen molar-refractivity contribution in [1.29, 1.82) is 0 Å². The lowest BCUT2D eigenvalue weighted by Gasteiger charge is -2.16. The molecule has 0 saturated heterocycles. The average molecular weight is 397 g/mol. The first-order chi connectivity index (χ1) is 14.0. The van der Waals surface area contributed by atoms with Crippen LogP contribution in [0, 0.1) is 0 Å². The zero-order chi connectivity index (χ0) is 21.2. The Balaban J connectivity index is 2.05. The summed E-state index contributed by atoms with van der Waals surface area (Å²) in [5.74, 6) is -0.383. The molecule has 3 N–H and O–H groups in total. The molecular formula is C22H27N3O4. The maximum absolute atomic E-state index is 12.7. The summed E-state index contributed by atoms with van der Waals surface area (Å²) in [7, 11) is 1.55. The van der Waals surface area contributed by atoms with Crippen molar-refractivity contribution in [3.05, 3.63) is 59.7 Å². The predicted octanol–water partition coefficient (Wildman–Crippen LogP) is 2.98. The van der Waals surface area contributed by atoms with Gasteiger partial charge in [0.15, 0.2) is 0 Å². The smallest absolute Gasteiger partial charge is 0.255 e. The molecule has 0 saturated carbocycles. The lowest BCUT2D eigenvalue weighted by atomic mass is 10.1. The molecule has 3 amide bonds. The Labute approximate surface area is 170 Å². The maximum Gasteiger partial charge on any atom is 0.255 e. The highest BCUT2D eigenvalue weighted by atomic mass is 16.5. The minimum absolute atomic E-state index is 0.244. The molecule has 1 atom stereocenters. The van der Waals surface area contributed by atoms with Crippen LogP contribution in [0.4, 0.5) is 5.69 Å². The maximum atomic E-state index is 12.7. The highest BCUT2D eigenvalue weighted by Gasteiger charge is 2.19. The fourth-order valence-corrected chi connectivity index (χ4v) is 2.61. The first-order valence-corrected chi connectivity index (χ1v) is 9.59. The fourth-order valence-electron chi connectivity index (χ4n) is 2.61.